The maximum Gasteiger partial charge on any atom is 0.350 e. The first-order valence-corrected chi connectivity index (χ1v) is 9.40. The van der Waals surface area contributed by atoms with Gasteiger partial charge < -0.3 is 9.80 Å². The van der Waals surface area contributed by atoms with Gasteiger partial charge in [-0.25, -0.2) is 8.78 Å². The molecule has 0 N–H and O–H groups in total. The number of nitrogens with zero attached hydrogens (tertiary/aromatic N) is 5. The van der Waals surface area contributed by atoms with E-state index < -0.39 is 28.9 Å². The molecular formula is C20H17F4N5O. The smallest absolute Gasteiger partial charge is 0.350 e. The quantitative estimate of drug-likeness (QED) is 0.713. The summed E-state index contributed by atoms with van der Waals surface area (Å²) >= 11 is 0. The molecule has 1 aromatic carbocycles. The van der Waals surface area contributed by atoms with Gasteiger partial charge in [0.05, 0.1) is 0 Å². The lowest BCUT2D eigenvalue weighted by Gasteiger charge is -2.36. The summed E-state index contributed by atoms with van der Waals surface area (Å²) < 4.78 is 57.7. The third-order valence-electron chi connectivity index (χ3n) is 5.43. The van der Waals surface area contributed by atoms with Gasteiger partial charge in [0.2, 0.25) is 0 Å². The molecule has 0 radical (unpaired) electrons. The van der Waals surface area contributed by atoms with E-state index in [4.69, 9.17) is 5.26 Å². The molecule has 1 saturated carbocycles. The van der Waals surface area contributed by atoms with Crippen LogP contribution in [-0.4, -0.2) is 47.2 Å². The van der Waals surface area contributed by atoms with Crippen LogP contribution in [0.15, 0.2) is 30.3 Å². The number of alkyl halides is 3. The van der Waals surface area contributed by atoms with Crippen molar-refractivity contribution < 1.29 is 22.4 Å². The van der Waals surface area contributed by atoms with Gasteiger partial charge in [0, 0.05) is 37.3 Å². The maximum absolute atomic E-state index is 14.7. The highest BCUT2D eigenvalue weighted by Gasteiger charge is 2.49. The molecular weight excluding hydrogens is 402 g/mol. The lowest BCUT2D eigenvalue weighted by atomic mass is 10.0. The fraction of sp³-hybridized carbons (Fsp3) is 0.400. The molecule has 2 aliphatic rings. The second-order valence-electron chi connectivity index (χ2n) is 7.40. The summed E-state index contributed by atoms with van der Waals surface area (Å²) in [6.45, 7) is 0.536. The van der Waals surface area contributed by atoms with Gasteiger partial charge in [-0.1, -0.05) is 12.1 Å². The van der Waals surface area contributed by atoms with E-state index >= 15 is 0 Å². The van der Waals surface area contributed by atoms with Crippen molar-refractivity contribution in [3.8, 4) is 6.07 Å². The Kier molecular flexibility index (Phi) is 4.84. The monoisotopic (exact) mass is 419 g/mol. The van der Waals surface area contributed by atoms with Crippen molar-refractivity contribution in [2.45, 2.75) is 24.4 Å². The summed E-state index contributed by atoms with van der Waals surface area (Å²) in [5.41, 5.74) is -2.66. The molecule has 10 heteroatoms. The number of hydrogen-bond donors (Lipinski definition) is 0. The van der Waals surface area contributed by atoms with Crippen LogP contribution < -0.4 is 4.90 Å². The van der Waals surface area contributed by atoms with E-state index in [-0.39, 0.29) is 50.3 Å². The molecule has 4 rings (SSSR count). The van der Waals surface area contributed by atoms with Crippen molar-refractivity contribution in [2.75, 3.05) is 31.1 Å². The molecule has 30 heavy (non-hydrogen) atoms. The van der Waals surface area contributed by atoms with Crippen LogP contribution >= 0.6 is 0 Å². The van der Waals surface area contributed by atoms with E-state index in [0.717, 1.165) is 17.0 Å². The fourth-order valence-electron chi connectivity index (χ4n) is 3.47. The lowest BCUT2D eigenvalue weighted by Crippen LogP contribution is -2.52. The first-order valence-electron chi connectivity index (χ1n) is 9.40. The summed E-state index contributed by atoms with van der Waals surface area (Å²) in [6, 6.07) is 7.41. The Balaban J connectivity index is 1.44. The molecule has 0 bridgehead atoms. The minimum Gasteiger partial charge on any atom is -0.352 e. The summed E-state index contributed by atoms with van der Waals surface area (Å²) in [7, 11) is 0. The third-order valence-corrected chi connectivity index (χ3v) is 5.43. The first kappa shape index (κ1) is 20.1. The van der Waals surface area contributed by atoms with E-state index in [1.54, 1.807) is 11.0 Å². The van der Waals surface area contributed by atoms with Crippen molar-refractivity contribution >= 4 is 11.7 Å². The molecule has 0 unspecified atom stereocenters. The Hall–Kier alpha value is -3.22. The van der Waals surface area contributed by atoms with Crippen LogP contribution in [0.3, 0.4) is 0 Å². The Morgan fingerprint density at radius 3 is 2.33 bits per heavy atom. The van der Waals surface area contributed by atoms with Crippen molar-refractivity contribution in [3.63, 3.8) is 0 Å². The van der Waals surface area contributed by atoms with E-state index in [1.807, 2.05) is 6.07 Å². The standard InChI is InChI=1S/C20H17F4N5O/c21-16-11-13(1-3-15(16)19(22)5-6-19)20(23,24)18(30)29-9-7-28(8-10-29)17-4-2-14(12-25)26-27-17/h1-4,11H,5-10H2. The van der Waals surface area contributed by atoms with Gasteiger partial charge in [0.1, 0.15) is 17.6 Å². The minimum absolute atomic E-state index is 0.0181. The number of halogens is 4. The van der Waals surface area contributed by atoms with Crippen LogP contribution in [-0.2, 0) is 16.4 Å². The number of aromatic nitrogens is 2. The van der Waals surface area contributed by atoms with Gasteiger partial charge in [-0.3, -0.25) is 4.79 Å². The number of benzene rings is 1. The molecule has 1 amide bonds. The molecule has 2 aromatic rings. The zero-order chi connectivity index (χ0) is 21.5. The average Bonchev–Trinajstić information content (AvgIpc) is 3.51. The molecule has 0 atom stereocenters. The molecule has 6 nitrogen and oxygen atoms in total. The van der Waals surface area contributed by atoms with Crippen molar-refractivity contribution in [3.05, 3.63) is 53.0 Å². The number of carbonyl (C=O) groups excluding carboxylic acids is 1. The first-order chi connectivity index (χ1) is 14.2. The summed E-state index contributed by atoms with van der Waals surface area (Å²) in [5, 5.41) is 16.4. The lowest BCUT2D eigenvalue weighted by molar-refractivity contribution is -0.159. The summed E-state index contributed by atoms with van der Waals surface area (Å²) in [6.07, 6.45) is 0.318. The molecule has 2 fully saturated rings. The molecule has 2 heterocycles. The van der Waals surface area contributed by atoms with E-state index in [0.29, 0.717) is 11.9 Å². The van der Waals surface area contributed by atoms with E-state index in [9.17, 15) is 22.4 Å². The Morgan fingerprint density at radius 1 is 1.10 bits per heavy atom. The number of piperazine rings is 1. The van der Waals surface area contributed by atoms with Crippen molar-refractivity contribution in [1.82, 2.24) is 15.1 Å². The van der Waals surface area contributed by atoms with Gasteiger partial charge in [-0.05, 0) is 31.0 Å². The maximum atomic E-state index is 14.7. The zero-order valence-electron chi connectivity index (χ0n) is 15.8. The third kappa shape index (κ3) is 3.56. The fourth-order valence-corrected chi connectivity index (χ4v) is 3.47. The van der Waals surface area contributed by atoms with Crippen LogP contribution in [0.1, 0.15) is 29.7 Å². The van der Waals surface area contributed by atoms with Crippen LogP contribution in [0.25, 0.3) is 0 Å². The highest BCUT2D eigenvalue weighted by molar-refractivity contribution is 5.85. The summed E-state index contributed by atoms with van der Waals surface area (Å²) in [4.78, 5) is 15.2. The van der Waals surface area contributed by atoms with Crippen molar-refractivity contribution in [2.24, 2.45) is 0 Å². The second-order valence-corrected chi connectivity index (χ2v) is 7.40. The average molecular weight is 419 g/mol. The second kappa shape index (κ2) is 7.23. The van der Waals surface area contributed by atoms with Gasteiger partial charge in [-0.15, -0.1) is 10.2 Å². The molecule has 1 aliphatic heterocycles. The van der Waals surface area contributed by atoms with Crippen LogP contribution in [0, 0.1) is 17.1 Å². The van der Waals surface area contributed by atoms with Gasteiger partial charge in [0.25, 0.3) is 5.91 Å². The highest BCUT2D eigenvalue weighted by Crippen LogP contribution is 2.50. The van der Waals surface area contributed by atoms with E-state index in [1.165, 1.54) is 6.07 Å². The van der Waals surface area contributed by atoms with Crippen LogP contribution in [0.5, 0.6) is 0 Å². The van der Waals surface area contributed by atoms with Crippen molar-refractivity contribution in [1.29, 1.82) is 5.26 Å². The number of anilines is 1. The minimum atomic E-state index is -3.93. The number of amides is 1. The van der Waals surface area contributed by atoms with Crippen LogP contribution in [0.2, 0.25) is 0 Å². The highest BCUT2D eigenvalue weighted by atomic mass is 19.3. The van der Waals surface area contributed by atoms with Crippen LogP contribution in [0.4, 0.5) is 23.4 Å². The Bertz CT molecular complexity index is 1010. The Labute approximate surface area is 169 Å². The summed E-state index contributed by atoms with van der Waals surface area (Å²) in [5.74, 6) is -5.94. The SMILES string of the molecule is N#Cc1ccc(N2CCN(C(=O)C(F)(F)c3ccc(C4(F)CC4)c(F)c3)CC2)nn1. The van der Waals surface area contributed by atoms with Gasteiger partial charge in [-0.2, -0.15) is 14.0 Å². The number of rotatable bonds is 4. The number of carbonyl (C=O) groups is 1. The number of nitriles is 1. The molecule has 1 aliphatic carbocycles. The Morgan fingerprint density at radius 2 is 1.80 bits per heavy atom. The van der Waals surface area contributed by atoms with Gasteiger partial charge >= 0.3 is 5.92 Å². The topological polar surface area (TPSA) is 73.1 Å². The van der Waals surface area contributed by atoms with E-state index in [2.05, 4.69) is 10.2 Å². The predicted octanol–water partition coefficient (Wildman–Crippen LogP) is 2.89. The van der Waals surface area contributed by atoms with Gasteiger partial charge in [0.15, 0.2) is 11.5 Å². The normalized spacial score (nSPS) is 18.1. The molecule has 156 valence electrons. The molecule has 1 saturated heterocycles. The molecule has 0 spiro atoms. The molecule has 1 aromatic heterocycles. The zero-order valence-corrected chi connectivity index (χ0v) is 15.8. The number of hydrogen-bond acceptors (Lipinski definition) is 5. The predicted molar refractivity (Wildman–Crippen MR) is 97.9 cm³/mol. The largest absolute Gasteiger partial charge is 0.352 e.